The molecule has 310 valence electrons. The number of hydrogen-bond acceptors (Lipinski definition) is 5. The van der Waals surface area contributed by atoms with Crippen molar-refractivity contribution in [3.8, 4) is 0 Å². The van der Waals surface area contributed by atoms with Crippen LogP contribution >= 0.6 is 0 Å². The fourth-order valence-corrected chi connectivity index (χ4v) is 12.0. The zero-order chi connectivity index (χ0) is 43.7. The Bertz CT molecular complexity index is 3800. The van der Waals surface area contributed by atoms with Crippen molar-refractivity contribution in [2.24, 2.45) is 0 Å². The molecular weight excluding hydrogens is 814 g/mol. The second kappa shape index (κ2) is 13.9. The van der Waals surface area contributed by atoms with E-state index in [1.165, 1.54) is 78.3 Å². The third kappa shape index (κ3) is 5.06. The van der Waals surface area contributed by atoms with Gasteiger partial charge in [-0.05, 0) is 130 Å². The summed E-state index contributed by atoms with van der Waals surface area (Å²) >= 11 is 0. The van der Waals surface area contributed by atoms with Gasteiger partial charge in [0.1, 0.15) is 11.2 Å². The first-order valence-electron chi connectivity index (χ1n) is 23.2. The summed E-state index contributed by atoms with van der Waals surface area (Å²) in [7, 11) is 0. The minimum absolute atomic E-state index is 0.0337. The summed E-state index contributed by atoms with van der Waals surface area (Å²) in [6.07, 6.45) is 0. The largest absolute Gasteiger partial charge is 0.456 e. The van der Waals surface area contributed by atoms with E-state index >= 15 is 0 Å². The maximum atomic E-state index is 6.68. The summed E-state index contributed by atoms with van der Waals surface area (Å²) < 4.78 is 6.68. The Balaban J connectivity index is 1.08. The number of fused-ring (bicyclic) bond motifs is 12. The molecule has 4 aliphatic rings. The van der Waals surface area contributed by atoms with Gasteiger partial charge in [0, 0.05) is 67.9 Å². The lowest BCUT2D eigenvalue weighted by Crippen LogP contribution is -2.65. The first-order chi connectivity index (χ1) is 33.3. The van der Waals surface area contributed by atoms with Crippen molar-refractivity contribution in [1.82, 2.24) is 0 Å². The molecule has 4 aliphatic heterocycles. The minimum Gasteiger partial charge on any atom is -0.456 e. The Morgan fingerprint density at radius 2 is 0.716 bits per heavy atom. The second-order valence-electron chi connectivity index (χ2n) is 18.0. The van der Waals surface area contributed by atoms with Gasteiger partial charge in [0.15, 0.2) is 0 Å². The van der Waals surface area contributed by atoms with E-state index in [1.54, 1.807) is 0 Å². The van der Waals surface area contributed by atoms with E-state index in [9.17, 15) is 0 Å². The average molecular weight is 853 g/mol. The van der Waals surface area contributed by atoms with Gasteiger partial charge in [0.2, 0.25) is 0 Å². The average Bonchev–Trinajstić information content (AvgIpc) is 3.78. The molecule has 0 unspecified atom stereocenters. The van der Waals surface area contributed by atoms with Gasteiger partial charge in [-0.2, -0.15) is 0 Å². The second-order valence-corrected chi connectivity index (χ2v) is 18.0. The molecule has 67 heavy (non-hydrogen) atoms. The van der Waals surface area contributed by atoms with Crippen molar-refractivity contribution in [2.75, 3.05) is 19.6 Å². The molecule has 0 radical (unpaired) electrons. The molecular formula is C60H38B2N4O. The minimum atomic E-state index is -0.0963. The van der Waals surface area contributed by atoms with Crippen LogP contribution in [0, 0.1) is 0 Å². The van der Waals surface area contributed by atoms with Gasteiger partial charge < -0.3 is 24.0 Å². The zero-order valence-electron chi connectivity index (χ0n) is 36.3. The number of anilines is 12. The van der Waals surface area contributed by atoms with Crippen LogP contribution < -0.4 is 52.4 Å². The first kappa shape index (κ1) is 36.6. The quantitative estimate of drug-likeness (QED) is 0.164. The van der Waals surface area contributed by atoms with Crippen LogP contribution in [0.3, 0.4) is 0 Å². The molecule has 7 heteroatoms. The van der Waals surface area contributed by atoms with Gasteiger partial charge in [-0.3, -0.25) is 0 Å². The number of furan rings is 1. The summed E-state index contributed by atoms with van der Waals surface area (Å²) in [5, 5.41) is 2.25. The van der Waals surface area contributed by atoms with Gasteiger partial charge >= 0.3 is 0 Å². The van der Waals surface area contributed by atoms with E-state index in [0.717, 1.165) is 44.7 Å². The molecule has 0 bridgehead atoms. The summed E-state index contributed by atoms with van der Waals surface area (Å²) in [5.74, 6) is 0. The topological polar surface area (TPSA) is 26.1 Å². The molecule has 15 rings (SSSR count). The molecule has 0 N–H and O–H groups in total. The van der Waals surface area contributed by atoms with Crippen molar-refractivity contribution in [2.45, 2.75) is 0 Å². The van der Waals surface area contributed by atoms with Crippen LogP contribution in [0.5, 0.6) is 0 Å². The lowest BCUT2D eigenvalue weighted by molar-refractivity contribution is 0.669. The highest BCUT2D eigenvalue weighted by Crippen LogP contribution is 2.50. The third-order valence-electron chi connectivity index (χ3n) is 14.6. The van der Waals surface area contributed by atoms with Gasteiger partial charge in [0.25, 0.3) is 13.4 Å². The lowest BCUT2D eigenvalue weighted by atomic mass is 9.30. The van der Waals surface area contributed by atoms with Crippen LogP contribution in [0.15, 0.2) is 235 Å². The van der Waals surface area contributed by atoms with Crippen molar-refractivity contribution >= 4 is 136 Å². The fourth-order valence-electron chi connectivity index (χ4n) is 12.0. The highest BCUT2D eigenvalue weighted by molar-refractivity contribution is 7.03. The number of hydrogen-bond donors (Lipinski definition) is 0. The predicted molar refractivity (Wildman–Crippen MR) is 282 cm³/mol. The summed E-state index contributed by atoms with van der Waals surface area (Å²) in [5.41, 5.74) is 23.5. The lowest BCUT2D eigenvalue weighted by Gasteiger charge is -2.47. The molecule has 0 saturated heterocycles. The van der Waals surface area contributed by atoms with Gasteiger partial charge in [-0.15, -0.1) is 0 Å². The smallest absolute Gasteiger partial charge is 0.252 e. The van der Waals surface area contributed by atoms with Crippen molar-refractivity contribution < 1.29 is 4.42 Å². The molecule has 10 aromatic carbocycles. The van der Waals surface area contributed by atoms with E-state index in [2.05, 4.69) is 250 Å². The van der Waals surface area contributed by atoms with Gasteiger partial charge in [-0.25, -0.2) is 0 Å². The van der Waals surface area contributed by atoms with E-state index in [-0.39, 0.29) is 13.4 Å². The third-order valence-corrected chi connectivity index (χ3v) is 14.6. The molecule has 0 atom stereocenters. The Morgan fingerprint density at radius 1 is 0.284 bits per heavy atom. The van der Waals surface area contributed by atoms with Crippen LogP contribution in [-0.2, 0) is 0 Å². The maximum Gasteiger partial charge on any atom is 0.252 e. The monoisotopic (exact) mass is 852 g/mol. The highest BCUT2D eigenvalue weighted by atomic mass is 16.3. The first-order valence-corrected chi connectivity index (χ1v) is 23.2. The molecule has 0 spiro atoms. The zero-order valence-corrected chi connectivity index (χ0v) is 36.3. The highest BCUT2D eigenvalue weighted by Gasteiger charge is 2.48. The van der Waals surface area contributed by atoms with Gasteiger partial charge in [-0.1, -0.05) is 133 Å². The number of nitrogens with zero attached hydrogens (tertiary/aromatic N) is 4. The Kier molecular flexibility index (Phi) is 7.61. The van der Waals surface area contributed by atoms with E-state index in [1.807, 2.05) is 0 Å². The normalized spacial score (nSPS) is 13.8. The maximum absolute atomic E-state index is 6.68. The van der Waals surface area contributed by atoms with Crippen molar-refractivity contribution in [1.29, 1.82) is 0 Å². The molecule has 5 nitrogen and oxygen atoms in total. The van der Waals surface area contributed by atoms with E-state index < -0.39 is 0 Å². The van der Waals surface area contributed by atoms with Crippen LogP contribution in [0.4, 0.5) is 68.2 Å². The Morgan fingerprint density at radius 3 is 1.28 bits per heavy atom. The van der Waals surface area contributed by atoms with Crippen LogP contribution in [0.1, 0.15) is 0 Å². The molecule has 0 saturated carbocycles. The van der Waals surface area contributed by atoms with Crippen LogP contribution in [0.2, 0.25) is 0 Å². The number of para-hydroxylation sites is 6. The van der Waals surface area contributed by atoms with E-state index in [0.29, 0.717) is 0 Å². The molecule has 5 heterocycles. The summed E-state index contributed by atoms with van der Waals surface area (Å²) in [6.45, 7) is -0.130. The SMILES string of the molecule is c1ccc(N2c3ccccc3B3c4cc5c(cc4N(c4ccccc4)c4cccc2c43)N(c2ccccc2)c2cccc3c2B5c2ccc4oc5ccccc5c4c2N3c2ccccc2)cc1. The molecule has 1 aromatic heterocycles. The Hall–Kier alpha value is -8.67. The van der Waals surface area contributed by atoms with E-state index in [4.69, 9.17) is 4.42 Å². The summed E-state index contributed by atoms with van der Waals surface area (Å²) in [6, 6.07) is 84.6. The molecule has 0 aliphatic carbocycles. The van der Waals surface area contributed by atoms with Gasteiger partial charge in [0.05, 0.1) is 11.1 Å². The molecule has 11 aromatic rings. The predicted octanol–water partition coefficient (Wildman–Crippen LogP) is 11.8. The molecule has 0 fully saturated rings. The van der Waals surface area contributed by atoms with Crippen molar-refractivity contribution in [3.05, 3.63) is 231 Å². The summed E-state index contributed by atoms with van der Waals surface area (Å²) in [4.78, 5) is 10.00. The van der Waals surface area contributed by atoms with Crippen molar-refractivity contribution in [3.63, 3.8) is 0 Å². The van der Waals surface area contributed by atoms with Crippen LogP contribution in [-0.4, -0.2) is 13.4 Å². The number of benzene rings is 10. The number of rotatable bonds is 4. The standard InChI is InChI=1S/C60H38B2N4O/c1-5-19-39(20-6-1)63-48-29-15-14-28-44(48)61-46-37-47-54(38-53(46)64(40-21-7-2-8-22-40)50-31-17-30-49(63)58(50)61)65(41-23-9-3-10-24-41)51-32-18-33-52-59(51)62(47)45-35-36-56-57(43-27-13-16-34-55(43)67-56)60(45)66(52)42-25-11-4-12-26-42/h1-38H. The van der Waals surface area contributed by atoms with Crippen LogP contribution in [0.25, 0.3) is 21.9 Å². The Labute approximate surface area is 389 Å². The molecule has 0 amide bonds. The fraction of sp³-hybridized carbons (Fsp3) is 0.